The Hall–Kier alpha value is -2.49. The smallest absolute Gasteiger partial charge is 0.230 e. The zero-order valence-electron chi connectivity index (χ0n) is 12.3. The summed E-state index contributed by atoms with van der Waals surface area (Å²) >= 11 is 0. The second-order valence-electron chi connectivity index (χ2n) is 5.05. The first-order valence-corrected chi connectivity index (χ1v) is 6.91. The average molecular weight is 283 g/mol. The Morgan fingerprint density at radius 1 is 1.05 bits per heavy atom. The fourth-order valence-electron chi connectivity index (χ4n) is 1.92. The van der Waals surface area contributed by atoms with Gasteiger partial charge in [-0.1, -0.05) is 0 Å². The quantitative estimate of drug-likeness (QED) is 0.677. The summed E-state index contributed by atoms with van der Waals surface area (Å²) in [5.41, 5.74) is 2.54. The summed E-state index contributed by atoms with van der Waals surface area (Å²) in [5.74, 6) is -0.0257. The van der Waals surface area contributed by atoms with Crippen molar-refractivity contribution in [3.05, 3.63) is 59.9 Å². The molecule has 0 bridgehead atoms. The van der Waals surface area contributed by atoms with Gasteiger partial charge in [-0.3, -0.25) is 9.59 Å². The van der Waals surface area contributed by atoms with Crippen molar-refractivity contribution in [1.82, 2.24) is 0 Å². The highest BCUT2D eigenvalue weighted by atomic mass is 16.1. The summed E-state index contributed by atoms with van der Waals surface area (Å²) in [4.78, 5) is 23.1. The van der Waals surface area contributed by atoms with Gasteiger partial charge >= 0.3 is 0 Å². The van der Waals surface area contributed by atoms with Gasteiger partial charge in [0.1, 0.15) is 0 Å². The summed E-state index contributed by atoms with van der Waals surface area (Å²) in [6.07, 6.45) is 4.33. The normalized spacial score (nSPS) is 10.2. The standard InChI is InChI=1S/C17H18N2O2/c1-13-7-10-19(11-8-13)12-9-17(21)18-16-5-3-15(4-6-16)14(2)20/h3-8,10-11H,9,12H2,1-2H3/p+1. The molecule has 0 aliphatic rings. The Bertz CT molecular complexity index is 631. The maximum atomic E-state index is 11.9. The number of aromatic nitrogens is 1. The number of rotatable bonds is 5. The molecule has 2 aromatic rings. The maximum absolute atomic E-state index is 11.9. The minimum atomic E-state index is -0.0429. The van der Waals surface area contributed by atoms with Gasteiger partial charge in [0.2, 0.25) is 5.91 Å². The van der Waals surface area contributed by atoms with E-state index in [1.807, 2.05) is 36.0 Å². The van der Waals surface area contributed by atoms with Crippen LogP contribution in [-0.2, 0) is 11.3 Å². The summed E-state index contributed by atoms with van der Waals surface area (Å²) in [6, 6.07) is 10.9. The van der Waals surface area contributed by atoms with Crippen molar-refractivity contribution in [2.45, 2.75) is 26.8 Å². The van der Waals surface area contributed by atoms with Crippen molar-refractivity contribution in [3.8, 4) is 0 Å². The number of amides is 1. The van der Waals surface area contributed by atoms with Crippen molar-refractivity contribution in [2.75, 3.05) is 5.32 Å². The van der Waals surface area contributed by atoms with Crippen LogP contribution in [0.3, 0.4) is 0 Å². The van der Waals surface area contributed by atoms with Gasteiger partial charge in [-0.15, -0.1) is 0 Å². The molecule has 4 nitrogen and oxygen atoms in total. The molecule has 0 aliphatic carbocycles. The lowest BCUT2D eigenvalue weighted by atomic mass is 10.1. The molecule has 108 valence electrons. The lowest BCUT2D eigenvalue weighted by molar-refractivity contribution is -0.695. The molecule has 1 N–H and O–H groups in total. The molecule has 1 aromatic heterocycles. The minimum Gasteiger partial charge on any atom is -0.326 e. The first-order valence-electron chi connectivity index (χ1n) is 6.91. The van der Waals surface area contributed by atoms with Crippen LogP contribution in [0.2, 0.25) is 0 Å². The number of aryl methyl sites for hydroxylation is 2. The third kappa shape index (κ3) is 4.53. The number of ketones is 1. The highest BCUT2D eigenvalue weighted by molar-refractivity contribution is 5.95. The first-order chi connectivity index (χ1) is 10.0. The fourth-order valence-corrected chi connectivity index (χ4v) is 1.92. The predicted octanol–water partition coefficient (Wildman–Crippen LogP) is 2.51. The van der Waals surface area contributed by atoms with Gasteiger partial charge in [-0.2, -0.15) is 0 Å². The SMILES string of the molecule is CC(=O)c1ccc(NC(=O)CC[n+]2ccc(C)cc2)cc1. The van der Waals surface area contributed by atoms with Crippen LogP contribution in [0.1, 0.15) is 29.3 Å². The number of nitrogens with one attached hydrogen (secondary N) is 1. The van der Waals surface area contributed by atoms with Gasteiger partial charge in [-0.25, -0.2) is 4.57 Å². The number of pyridine rings is 1. The monoisotopic (exact) mass is 283 g/mol. The van der Waals surface area contributed by atoms with E-state index in [4.69, 9.17) is 0 Å². The Morgan fingerprint density at radius 3 is 2.24 bits per heavy atom. The van der Waals surface area contributed by atoms with E-state index in [0.717, 1.165) is 0 Å². The van der Waals surface area contributed by atoms with Crippen LogP contribution in [0.15, 0.2) is 48.8 Å². The number of anilines is 1. The Morgan fingerprint density at radius 2 is 1.67 bits per heavy atom. The van der Waals surface area contributed by atoms with Crippen molar-refractivity contribution >= 4 is 17.4 Å². The minimum absolute atomic E-state index is 0.0173. The average Bonchev–Trinajstić information content (AvgIpc) is 2.47. The van der Waals surface area contributed by atoms with Crippen LogP contribution in [0.4, 0.5) is 5.69 Å². The number of hydrogen-bond acceptors (Lipinski definition) is 2. The van der Waals surface area contributed by atoms with E-state index in [1.54, 1.807) is 24.3 Å². The van der Waals surface area contributed by atoms with Gasteiger partial charge in [0.15, 0.2) is 24.7 Å². The van der Waals surface area contributed by atoms with E-state index in [2.05, 4.69) is 5.32 Å². The summed E-state index contributed by atoms with van der Waals surface area (Å²) in [7, 11) is 0. The van der Waals surface area contributed by atoms with Crippen molar-refractivity contribution < 1.29 is 14.2 Å². The Kier molecular flexibility index (Phi) is 4.82. The number of benzene rings is 1. The largest absolute Gasteiger partial charge is 0.326 e. The molecule has 1 heterocycles. The van der Waals surface area contributed by atoms with Crippen LogP contribution in [0.25, 0.3) is 0 Å². The molecule has 0 spiro atoms. The highest BCUT2D eigenvalue weighted by Crippen LogP contribution is 2.10. The lowest BCUT2D eigenvalue weighted by Crippen LogP contribution is -2.34. The van der Waals surface area contributed by atoms with Crippen LogP contribution < -0.4 is 9.88 Å². The summed E-state index contributed by atoms with van der Waals surface area (Å²) in [6.45, 7) is 4.19. The molecular formula is C17H19N2O2+. The molecule has 1 aromatic carbocycles. The van der Waals surface area contributed by atoms with Gasteiger partial charge in [0.25, 0.3) is 0 Å². The van der Waals surface area contributed by atoms with Gasteiger partial charge in [-0.05, 0) is 43.7 Å². The fraction of sp³-hybridized carbons (Fsp3) is 0.235. The number of hydrogen-bond donors (Lipinski definition) is 1. The number of carbonyl (C=O) groups excluding carboxylic acids is 2. The molecule has 0 unspecified atom stereocenters. The van der Waals surface area contributed by atoms with Crippen molar-refractivity contribution in [3.63, 3.8) is 0 Å². The molecule has 0 saturated heterocycles. The third-order valence-electron chi connectivity index (χ3n) is 3.23. The molecule has 4 heteroatoms. The lowest BCUT2D eigenvalue weighted by Gasteiger charge is -2.04. The maximum Gasteiger partial charge on any atom is 0.230 e. The first kappa shape index (κ1) is 14.9. The molecule has 2 rings (SSSR count). The van der Waals surface area contributed by atoms with E-state index in [1.165, 1.54) is 12.5 Å². The zero-order valence-corrected chi connectivity index (χ0v) is 12.3. The number of nitrogens with zero attached hydrogens (tertiary/aromatic N) is 1. The van der Waals surface area contributed by atoms with Crippen molar-refractivity contribution in [2.24, 2.45) is 0 Å². The zero-order chi connectivity index (χ0) is 15.2. The second kappa shape index (κ2) is 6.79. The van der Waals surface area contributed by atoms with E-state index in [9.17, 15) is 9.59 Å². The predicted molar refractivity (Wildman–Crippen MR) is 81.1 cm³/mol. The molecule has 21 heavy (non-hydrogen) atoms. The van der Waals surface area contributed by atoms with E-state index in [0.29, 0.717) is 24.2 Å². The molecule has 0 fully saturated rings. The summed E-state index contributed by atoms with van der Waals surface area (Å²) < 4.78 is 1.98. The molecule has 0 aliphatic heterocycles. The van der Waals surface area contributed by atoms with Crippen molar-refractivity contribution in [1.29, 1.82) is 0 Å². The van der Waals surface area contributed by atoms with Crippen LogP contribution in [-0.4, -0.2) is 11.7 Å². The molecule has 1 amide bonds. The van der Waals surface area contributed by atoms with Crippen LogP contribution in [0, 0.1) is 6.92 Å². The third-order valence-corrected chi connectivity index (χ3v) is 3.23. The Labute approximate surface area is 124 Å². The Balaban J connectivity index is 1.86. The number of Topliss-reactive ketones (excluding diaryl/α,β-unsaturated/α-hetero) is 1. The van der Waals surface area contributed by atoms with Crippen LogP contribution >= 0.6 is 0 Å². The van der Waals surface area contributed by atoms with E-state index in [-0.39, 0.29) is 11.7 Å². The topological polar surface area (TPSA) is 50.1 Å². The van der Waals surface area contributed by atoms with Gasteiger partial charge in [0, 0.05) is 23.4 Å². The molecule has 0 atom stereocenters. The highest BCUT2D eigenvalue weighted by Gasteiger charge is 2.07. The van der Waals surface area contributed by atoms with E-state index >= 15 is 0 Å². The number of carbonyl (C=O) groups is 2. The second-order valence-corrected chi connectivity index (χ2v) is 5.05. The van der Waals surface area contributed by atoms with Crippen LogP contribution in [0.5, 0.6) is 0 Å². The molecule has 0 radical (unpaired) electrons. The van der Waals surface area contributed by atoms with Gasteiger partial charge < -0.3 is 5.32 Å². The summed E-state index contributed by atoms with van der Waals surface area (Å²) in [5, 5.41) is 2.83. The van der Waals surface area contributed by atoms with E-state index < -0.39 is 0 Å². The molecular weight excluding hydrogens is 264 g/mol. The molecule has 0 saturated carbocycles. The van der Waals surface area contributed by atoms with Gasteiger partial charge in [0.05, 0.1) is 6.42 Å².